The van der Waals surface area contributed by atoms with E-state index >= 15 is 0 Å². The molecule has 0 aromatic heterocycles. The highest BCUT2D eigenvalue weighted by atomic mass is 79.9. The van der Waals surface area contributed by atoms with Crippen LogP contribution in [0.4, 0.5) is 5.69 Å². The lowest BCUT2D eigenvalue weighted by molar-refractivity contribution is 0.102. The van der Waals surface area contributed by atoms with Gasteiger partial charge >= 0.3 is 0 Å². The standard InChI is InChI=1S/C13H8BrCl2NO3/c14-8-2-1-6(3-11(8)18)13(20)17-10-5-7(15)4-9(16)12(10)19/h1-5,18-19H,(H,17,20). The number of phenols is 2. The van der Waals surface area contributed by atoms with Crippen molar-refractivity contribution in [2.24, 2.45) is 0 Å². The van der Waals surface area contributed by atoms with Gasteiger partial charge in [0, 0.05) is 10.6 Å². The number of nitrogens with one attached hydrogen (secondary N) is 1. The van der Waals surface area contributed by atoms with E-state index in [1.165, 1.54) is 30.3 Å². The molecule has 0 fully saturated rings. The fourth-order valence-corrected chi connectivity index (χ4v) is 2.25. The summed E-state index contributed by atoms with van der Waals surface area (Å²) in [5.74, 6) is -0.849. The first-order valence-corrected chi connectivity index (χ1v) is 6.91. The topological polar surface area (TPSA) is 69.6 Å². The van der Waals surface area contributed by atoms with Gasteiger partial charge in [-0.3, -0.25) is 4.79 Å². The van der Waals surface area contributed by atoms with E-state index in [1.54, 1.807) is 0 Å². The van der Waals surface area contributed by atoms with E-state index in [2.05, 4.69) is 21.2 Å². The van der Waals surface area contributed by atoms with Crippen molar-refractivity contribution < 1.29 is 15.0 Å². The summed E-state index contributed by atoms with van der Waals surface area (Å²) in [6.45, 7) is 0. The van der Waals surface area contributed by atoms with Crippen LogP contribution in [0.2, 0.25) is 10.0 Å². The molecule has 0 saturated heterocycles. The molecule has 0 aliphatic rings. The van der Waals surface area contributed by atoms with Gasteiger partial charge in [-0.1, -0.05) is 23.2 Å². The Kier molecular flexibility index (Phi) is 4.42. The number of aromatic hydroxyl groups is 2. The molecule has 0 saturated carbocycles. The summed E-state index contributed by atoms with van der Waals surface area (Å²) in [6, 6.07) is 7.08. The summed E-state index contributed by atoms with van der Waals surface area (Å²) < 4.78 is 0.475. The number of amides is 1. The molecule has 104 valence electrons. The number of hydrogen-bond donors (Lipinski definition) is 3. The van der Waals surface area contributed by atoms with Gasteiger partial charge in [0.2, 0.25) is 0 Å². The smallest absolute Gasteiger partial charge is 0.255 e. The number of benzene rings is 2. The predicted molar refractivity (Wildman–Crippen MR) is 81.9 cm³/mol. The monoisotopic (exact) mass is 375 g/mol. The number of anilines is 1. The normalized spacial score (nSPS) is 10.3. The fourth-order valence-electron chi connectivity index (χ4n) is 1.51. The molecule has 0 bridgehead atoms. The van der Waals surface area contributed by atoms with Crippen molar-refractivity contribution in [2.45, 2.75) is 0 Å². The van der Waals surface area contributed by atoms with E-state index in [1.807, 2.05) is 0 Å². The van der Waals surface area contributed by atoms with Crippen LogP contribution >= 0.6 is 39.1 Å². The quantitative estimate of drug-likeness (QED) is 0.679. The van der Waals surface area contributed by atoms with Crippen molar-refractivity contribution in [1.82, 2.24) is 0 Å². The second-order valence-electron chi connectivity index (χ2n) is 3.90. The first kappa shape index (κ1) is 15.0. The van der Waals surface area contributed by atoms with E-state index in [9.17, 15) is 15.0 Å². The van der Waals surface area contributed by atoms with Gasteiger partial charge in [-0.05, 0) is 46.3 Å². The number of phenolic OH excluding ortho intramolecular Hbond substituents is 2. The Labute approximate surface area is 133 Å². The Hall–Kier alpha value is -1.43. The van der Waals surface area contributed by atoms with Crippen LogP contribution in [0.25, 0.3) is 0 Å². The van der Waals surface area contributed by atoms with E-state index in [4.69, 9.17) is 23.2 Å². The Morgan fingerprint density at radius 2 is 1.85 bits per heavy atom. The molecular formula is C13H8BrCl2NO3. The third-order valence-corrected chi connectivity index (χ3v) is 3.66. The second kappa shape index (κ2) is 5.91. The zero-order chi connectivity index (χ0) is 14.9. The van der Waals surface area contributed by atoms with Gasteiger partial charge in [-0.2, -0.15) is 0 Å². The molecule has 1 amide bonds. The lowest BCUT2D eigenvalue weighted by Crippen LogP contribution is -2.12. The first-order chi connectivity index (χ1) is 9.38. The van der Waals surface area contributed by atoms with Crippen LogP contribution in [0.15, 0.2) is 34.8 Å². The lowest BCUT2D eigenvalue weighted by Gasteiger charge is -2.09. The minimum atomic E-state index is -0.513. The van der Waals surface area contributed by atoms with E-state index < -0.39 is 5.91 Å². The molecule has 7 heteroatoms. The summed E-state index contributed by atoms with van der Waals surface area (Å²) in [5, 5.41) is 22.1. The Bertz CT molecular complexity index is 692. The molecular weight excluding hydrogens is 369 g/mol. The molecule has 0 aliphatic heterocycles. The summed E-state index contributed by atoms with van der Waals surface area (Å²) >= 11 is 14.7. The van der Waals surface area contributed by atoms with E-state index in [0.29, 0.717) is 4.47 Å². The van der Waals surface area contributed by atoms with Gasteiger partial charge in [-0.25, -0.2) is 0 Å². The molecule has 0 radical (unpaired) electrons. The van der Waals surface area contributed by atoms with Crippen molar-refractivity contribution >= 4 is 50.7 Å². The largest absolute Gasteiger partial charge is 0.507 e. The molecule has 2 aromatic carbocycles. The van der Waals surface area contributed by atoms with Crippen LogP contribution in [-0.4, -0.2) is 16.1 Å². The highest BCUT2D eigenvalue weighted by Crippen LogP contribution is 2.35. The zero-order valence-electron chi connectivity index (χ0n) is 9.82. The molecule has 2 aromatic rings. The molecule has 0 aliphatic carbocycles. The minimum Gasteiger partial charge on any atom is -0.507 e. The number of rotatable bonds is 2. The maximum Gasteiger partial charge on any atom is 0.255 e. The van der Waals surface area contributed by atoms with Crippen molar-refractivity contribution in [2.75, 3.05) is 5.32 Å². The molecule has 20 heavy (non-hydrogen) atoms. The summed E-state index contributed by atoms with van der Waals surface area (Å²) in [7, 11) is 0. The molecule has 3 N–H and O–H groups in total. The maximum atomic E-state index is 12.0. The third-order valence-electron chi connectivity index (χ3n) is 2.48. The SMILES string of the molecule is O=C(Nc1cc(Cl)cc(Cl)c1O)c1ccc(Br)c(O)c1. The highest BCUT2D eigenvalue weighted by molar-refractivity contribution is 9.10. The van der Waals surface area contributed by atoms with Gasteiger partial charge < -0.3 is 15.5 Å². The van der Waals surface area contributed by atoms with Gasteiger partial charge in [0.05, 0.1) is 15.2 Å². The Morgan fingerprint density at radius 1 is 1.15 bits per heavy atom. The van der Waals surface area contributed by atoms with Crippen LogP contribution in [-0.2, 0) is 0 Å². The van der Waals surface area contributed by atoms with Crippen molar-refractivity contribution in [3.8, 4) is 11.5 Å². The zero-order valence-corrected chi connectivity index (χ0v) is 12.9. The van der Waals surface area contributed by atoms with Crippen molar-refractivity contribution in [3.05, 3.63) is 50.4 Å². The number of carbonyl (C=O) groups excluding carboxylic acids is 1. The van der Waals surface area contributed by atoms with Gasteiger partial charge in [-0.15, -0.1) is 0 Å². The van der Waals surface area contributed by atoms with Crippen LogP contribution in [0.1, 0.15) is 10.4 Å². The minimum absolute atomic E-state index is 0.0338. The van der Waals surface area contributed by atoms with E-state index in [0.717, 1.165) is 0 Å². The summed E-state index contributed by atoms with van der Waals surface area (Å²) in [6.07, 6.45) is 0. The maximum absolute atomic E-state index is 12.0. The second-order valence-corrected chi connectivity index (χ2v) is 5.60. The summed E-state index contributed by atoms with van der Waals surface area (Å²) in [5.41, 5.74) is 0.316. The average Bonchev–Trinajstić information content (AvgIpc) is 2.38. The molecule has 4 nitrogen and oxygen atoms in total. The number of carbonyl (C=O) groups is 1. The van der Waals surface area contributed by atoms with Gasteiger partial charge in [0.1, 0.15) is 5.75 Å². The lowest BCUT2D eigenvalue weighted by atomic mass is 10.2. The highest BCUT2D eigenvalue weighted by Gasteiger charge is 2.13. The van der Waals surface area contributed by atoms with Crippen LogP contribution in [0.5, 0.6) is 11.5 Å². The van der Waals surface area contributed by atoms with Crippen LogP contribution < -0.4 is 5.32 Å². The first-order valence-electron chi connectivity index (χ1n) is 5.36. The molecule has 0 spiro atoms. The Balaban J connectivity index is 2.30. The third kappa shape index (κ3) is 3.17. The van der Waals surface area contributed by atoms with Crippen molar-refractivity contribution in [3.63, 3.8) is 0 Å². The van der Waals surface area contributed by atoms with Gasteiger partial charge in [0.25, 0.3) is 5.91 Å². The number of halogens is 3. The van der Waals surface area contributed by atoms with Crippen molar-refractivity contribution in [1.29, 1.82) is 0 Å². The van der Waals surface area contributed by atoms with Crippen LogP contribution in [0.3, 0.4) is 0 Å². The number of hydrogen-bond acceptors (Lipinski definition) is 3. The average molecular weight is 377 g/mol. The predicted octanol–water partition coefficient (Wildman–Crippen LogP) is 4.42. The summed E-state index contributed by atoms with van der Waals surface area (Å²) in [4.78, 5) is 12.0. The fraction of sp³-hybridized carbons (Fsp3) is 0. The van der Waals surface area contributed by atoms with E-state index in [-0.39, 0.29) is 32.8 Å². The molecule has 0 atom stereocenters. The van der Waals surface area contributed by atoms with Gasteiger partial charge in [0.15, 0.2) is 5.75 Å². The molecule has 2 rings (SSSR count). The molecule has 0 heterocycles. The molecule has 0 unspecified atom stereocenters. The van der Waals surface area contributed by atoms with Crippen LogP contribution in [0, 0.1) is 0 Å². The Morgan fingerprint density at radius 3 is 2.50 bits per heavy atom.